The molecule has 1 unspecified atom stereocenters. The van der Waals surface area contributed by atoms with Crippen LogP contribution in [0.15, 0.2) is 34.9 Å². The van der Waals surface area contributed by atoms with E-state index in [-0.39, 0.29) is 12.5 Å². The lowest BCUT2D eigenvalue weighted by atomic mass is 10.0. The van der Waals surface area contributed by atoms with Crippen molar-refractivity contribution < 1.29 is 14.4 Å². The van der Waals surface area contributed by atoms with E-state index < -0.39 is 6.10 Å². The molecule has 1 aliphatic rings. The normalized spacial score (nSPS) is 18.5. The van der Waals surface area contributed by atoms with Crippen molar-refractivity contribution in [3.8, 4) is 0 Å². The van der Waals surface area contributed by atoms with Gasteiger partial charge in [-0.05, 0) is 24.5 Å². The van der Waals surface area contributed by atoms with Gasteiger partial charge < -0.3 is 9.63 Å². The quantitative estimate of drug-likeness (QED) is 0.904. The summed E-state index contributed by atoms with van der Waals surface area (Å²) < 4.78 is 4.98. The number of aromatic nitrogens is 1. The summed E-state index contributed by atoms with van der Waals surface area (Å²) in [5, 5.41) is 16.6. The molecule has 2 N–H and O–H groups in total. The largest absolute Gasteiger partial charge is 0.388 e. The van der Waals surface area contributed by atoms with E-state index in [9.17, 15) is 9.90 Å². The molecular formula is C16H19N3O3. The van der Waals surface area contributed by atoms with E-state index in [2.05, 4.69) is 10.5 Å². The molecule has 0 saturated heterocycles. The minimum Gasteiger partial charge on any atom is -0.388 e. The second-order valence-electron chi connectivity index (χ2n) is 5.59. The average molecular weight is 301 g/mol. The fraction of sp³-hybridized carbons (Fsp3) is 0.375. The van der Waals surface area contributed by atoms with Crippen molar-refractivity contribution in [3.63, 3.8) is 0 Å². The molecule has 1 aromatic heterocycles. The molecule has 0 fully saturated rings. The number of hydrogen-bond acceptors (Lipinski definition) is 5. The van der Waals surface area contributed by atoms with Gasteiger partial charge in [-0.1, -0.05) is 29.4 Å². The fourth-order valence-electron chi connectivity index (χ4n) is 2.72. The van der Waals surface area contributed by atoms with Crippen LogP contribution in [0.1, 0.15) is 29.3 Å². The van der Waals surface area contributed by atoms with Crippen molar-refractivity contribution in [1.82, 2.24) is 10.1 Å². The number of aliphatic hydroxyl groups excluding tert-OH is 1. The summed E-state index contributed by atoms with van der Waals surface area (Å²) in [4.78, 5) is 14.1. The average Bonchev–Trinajstić information content (AvgIpc) is 2.82. The number of carbonyl (C=O) groups excluding carboxylic acids is 1. The van der Waals surface area contributed by atoms with Crippen LogP contribution in [0, 0.1) is 6.92 Å². The molecular weight excluding hydrogens is 282 g/mol. The van der Waals surface area contributed by atoms with Gasteiger partial charge in [0.15, 0.2) is 0 Å². The maximum atomic E-state index is 12.1. The number of amides is 1. The van der Waals surface area contributed by atoms with E-state index in [0.717, 1.165) is 16.8 Å². The van der Waals surface area contributed by atoms with Crippen LogP contribution < -0.4 is 5.32 Å². The van der Waals surface area contributed by atoms with Gasteiger partial charge in [-0.25, -0.2) is 0 Å². The third-order valence-corrected chi connectivity index (χ3v) is 3.78. The van der Waals surface area contributed by atoms with Gasteiger partial charge in [-0.2, -0.15) is 0 Å². The second kappa shape index (κ2) is 6.29. The Hall–Kier alpha value is -2.18. The Bertz CT molecular complexity index is 668. The first kappa shape index (κ1) is 14.7. The molecule has 1 aliphatic heterocycles. The topological polar surface area (TPSA) is 78.6 Å². The van der Waals surface area contributed by atoms with E-state index in [4.69, 9.17) is 4.52 Å². The van der Waals surface area contributed by atoms with Gasteiger partial charge in [0.1, 0.15) is 0 Å². The monoisotopic (exact) mass is 301 g/mol. The van der Waals surface area contributed by atoms with Crippen molar-refractivity contribution in [2.75, 3.05) is 18.4 Å². The lowest BCUT2D eigenvalue weighted by molar-refractivity contribution is -0.117. The number of rotatable bonds is 3. The standard InChI is InChI=1S/C16H19N3O3/c1-11-8-16(22-18-11)17-15(21)10-19-7-6-14(20)13-5-3-2-4-12(13)9-19/h2-5,8,14,20H,6-7,9-10H2,1H3,(H,17,21). The fourth-order valence-corrected chi connectivity index (χ4v) is 2.72. The molecule has 0 saturated carbocycles. The predicted octanol–water partition coefficient (Wildman–Crippen LogP) is 1.86. The zero-order chi connectivity index (χ0) is 15.5. The summed E-state index contributed by atoms with van der Waals surface area (Å²) in [6, 6.07) is 9.50. The molecule has 0 spiro atoms. The SMILES string of the molecule is Cc1cc(NC(=O)CN2CCC(O)c3ccccc3C2)on1. The maximum absolute atomic E-state index is 12.1. The Kier molecular flexibility index (Phi) is 4.22. The Labute approximate surface area is 128 Å². The van der Waals surface area contributed by atoms with Crippen LogP contribution in [0.5, 0.6) is 0 Å². The molecule has 6 nitrogen and oxygen atoms in total. The number of fused-ring (bicyclic) bond motifs is 1. The number of aliphatic hydroxyl groups is 1. The van der Waals surface area contributed by atoms with Crippen molar-refractivity contribution in [1.29, 1.82) is 0 Å². The minimum atomic E-state index is -0.471. The van der Waals surface area contributed by atoms with E-state index >= 15 is 0 Å². The molecule has 1 atom stereocenters. The zero-order valence-electron chi connectivity index (χ0n) is 12.5. The number of nitrogens with zero attached hydrogens (tertiary/aromatic N) is 2. The minimum absolute atomic E-state index is 0.148. The number of anilines is 1. The number of nitrogens with one attached hydrogen (secondary N) is 1. The third-order valence-electron chi connectivity index (χ3n) is 3.78. The van der Waals surface area contributed by atoms with Crippen LogP contribution in [0.4, 0.5) is 5.88 Å². The van der Waals surface area contributed by atoms with Gasteiger partial charge >= 0.3 is 0 Å². The maximum Gasteiger partial charge on any atom is 0.240 e. The highest BCUT2D eigenvalue weighted by Crippen LogP contribution is 2.26. The first-order valence-electron chi connectivity index (χ1n) is 7.33. The summed E-state index contributed by atoms with van der Waals surface area (Å²) in [6.07, 6.45) is 0.146. The molecule has 0 radical (unpaired) electrons. The van der Waals surface area contributed by atoms with Crippen LogP contribution >= 0.6 is 0 Å². The highest BCUT2D eigenvalue weighted by molar-refractivity contribution is 5.90. The summed E-state index contributed by atoms with van der Waals surface area (Å²) >= 11 is 0. The van der Waals surface area contributed by atoms with E-state index in [1.54, 1.807) is 13.0 Å². The Morgan fingerprint density at radius 2 is 2.32 bits per heavy atom. The predicted molar refractivity (Wildman–Crippen MR) is 81.2 cm³/mol. The van der Waals surface area contributed by atoms with Gasteiger partial charge in [-0.15, -0.1) is 0 Å². The van der Waals surface area contributed by atoms with E-state index in [1.165, 1.54) is 0 Å². The third kappa shape index (κ3) is 3.35. The number of carbonyl (C=O) groups is 1. The highest BCUT2D eigenvalue weighted by Gasteiger charge is 2.22. The molecule has 0 bridgehead atoms. The van der Waals surface area contributed by atoms with Crippen LogP contribution in [0.25, 0.3) is 0 Å². The smallest absolute Gasteiger partial charge is 0.240 e. The summed E-state index contributed by atoms with van der Waals surface area (Å²) in [6.45, 7) is 3.36. The van der Waals surface area contributed by atoms with E-state index in [0.29, 0.717) is 25.4 Å². The number of aryl methyl sites for hydroxylation is 1. The number of hydrogen-bond donors (Lipinski definition) is 2. The van der Waals surface area contributed by atoms with Crippen molar-refractivity contribution in [2.45, 2.75) is 26.0 Å². The summed E-state index contributed by atoms with van der Waals surface area (Å²) in [5.74, 6) is 0.211. The molecule has 1 amide bonds. The second-order valence-corrected chi connectivity index (χ2v) is 5.59. The first-order chi connectivity index (χ1) is 10.6. The Morgan fingerprint density at radius 3 is 3.09 bits per heavy atom. The van der Waals surface area contributed by atoms with Gasteiger partial charge in [0, 0.05) is 19.2 Å². The molecule has 1 aromatic carbocycles. The molecule has 116 valence electrons. The van der Waals surface area contributed by atoms with Gasteiger partial charge in [-0.3, -0.25) is 15.0 Å². The zero-order valence-corrected chi connectivity index (χ0v) is 12.5. The lowest BCUT2D eigenvalue weighted by Gasteiger charge is -2.19. The summed E-state index contributed by atoms with van der Waals surface area (Å²) in [5.41, 5.74) is 2.74. The van der Waals surface area contributed by atoms with Gasteiger partial charge in [0.05, 0.1) is 18.3 Å². The van der Waals surface area contributed by atoms with Crippen molar-refractivity contribution in [3.05, 3.63) is 47.2 Å². The number of benzene rings is 1. The van der Waals surface area contributed by atoms with Crippen LogP contribution in [0.3, 0.4) is 0 Å². The molecule has 6 heteroatoms. The molecule has 2 heterocycles. The molecule has 22 heavy (non-hydrogen) atoms. The molecule has 0 aliphatic carbocycles. The van der Waals surface area contributed by atoms with Gasteiger partial charge in [0.2, 0.25) is 11.8 Å². The van der Waals surface area contributed by atoms with Crippen LogP contribution in [0.2, 0.25) is 0 Å². The first-order valence-corrected chi connectivity index (χ1v) is 7.33. The highest BCUT2D eigenvalue weighted by atomic mass is 16.5. The van der Waals surface area contributed by atoms with Crippen LogP contribution in [-0.2, 0) is 11.3 Å². The Morgan fingerprint density at radius 1 is 1.50 bits per heavy atom. The van der Waals surface area contributed by atoms with E-state index in [1.807, 2.05) is 29.2 Å². The molecule has 2 aromatic rings. The van der Waals surface area contributed by atoms with Crippen molar-refractivity contribution in [2.24, 2.45) is 0 Å². The summed E-state index contributed by atoms with van der Waals surface area (Å²) in [7, 11) is 0. The van der Waals surface area contributed by atoms with Gasteiger partial charge in [0.25, 0.3) is 0 Å². The van der Waals surface area contributed by atoms with Crippen molar-refractivity contribution >= 4 is 11.8 Å². The molecule has 3 rings (SSSR count). The lowest BCUT2D eigenvalue weighted by Crippen LogP contribution is -2.33. The van der Waals surface area contributed by atoms with Crippen LogP contribution in [-0.4, -0.2) is 34.2 Å². The Balaban J connectivity index is 1.64.